The molecule has 1 aliphatic carbocycles. The van der Waals surface area contributed by atoms with E-state index in [9.17, 15) is 4.79 Å². The minimum Gasteiger partial charge on any atom is -0.353 e. The van der Waals surface area contributed by atoms with Crippen LogP contribution in [0.4, 0.5) is 0 Å². The summed E-state index contributed by atoms with van der Waals surface area (Å²) < 4.78 is 0. The second-order valence-electron chi connectivity index (χ2n) is 6.71. The van der Waals surface area contributed by atoms with Crippen LogP contribution in [0.5, 0.6) is 0 Å². The SMILES string of the molecule is CCC1CCC(NC(=O)C[C@@H](CN)CC(C)C)C1C. The average Bonchev–Trinajstić information content (AvgIpc) is 2.69. The third kappa shape index (κ3) is 5.13. The fraction of sp³-hybridized carbons (Fsp3) is 0.938. The molecule has 1 saturated carbocycles. The van der Waals surface area contributed by atoms with Gasteiger partial charge in [0, 0.05) is 12.5 Å². The van der Waals surface area contributed by atoms with Crippen molar-refractivity contribution in [1.82, 2.24) is 5.32 Å². The molecule has 0 heterocycles. The van der Waals surface area contributed by atoms with Crippen molar-refractivity contribution in [3.63, 3.8) is 0 Å². The first-order valence-corrected chi connectivity index (χ1v) is 7.97. The Morgan fingerprint density at radius 3 is 2.53 bits per heavy atom. The van der Waals surface area contributed by atoms with Gasteiger partial charge in [0.15, 0.2) is 0 Å². The van der Waals surface area contributed by atoms with E-state index in [4.69, 9.17) is 5.73 Å². The maximum absolute atomic E-state index is 12.1. The largest absolute Gasteiger partial charge is 0.353 e. The molecule has 0 aromatic rings. The maximum atomic E-state index is 12.1. The van der Waals surface area contributed by atoms with Gasteiger partial charge in [-0.3, -0.25) is 4.79 Å². The Balaban J connectivity index is 2.38. The van der Waals surface area contributed by atoms with Gasteiger partial charge in [-0.05, 0) is 49.5 Å². The quantitative estimate of drug-likeness (QED) is 0.746. The first-order valence-electron chi connectivity index (χ1n) is 7.97. The van der Waals surface area contributed by atoms with Gasteiger partial charge in [0.2, 0.25) is 5.91 Å². The fourth-order valence-corrected chi connectivity index (χ4v) is 3.48. The molecular weight excluding hydrogens is 236 g/mol. The highest BCUT2D eigenvalue weighted by atomic mass is 16.1. The third-order valence-corrected chi connectivity index (χ3v) is 4.71. The summed E-state index contributed by atoms with van der Waals surface area (Å²) in [6.45, 7) is 9.51. The van der Waals surface area contributed by atoms with Crippen LogP contribution in [0.2, 0.25) is 0 Å². The minimum absolute atomic E-state index is 0.199. The van der Waals surface area contributed by atoms with Gasteiger partial charge in [0.1, 0.15) is 0 Å². The molecule has 3 unspecified atom stereocenters. The molecule has 0 saturated heterocycles. The highest BCUT2D eigenvalue weighted by Gasteiger charge is 2.32. The highest BCUT2D eigenvalue weighted by Crippen LogP contribution is 2.33. The van der Waals surface area contributed by atoms with Crippen LogP contribution in [0.15, 0.2) is 0 Å². The van der Waals surface area contributed by atoms with Crippen molar-refractivity contribution >= 4 is 5.91 Å². The van der Waals surface area contributed by atoms with Crippen molar-refractivity contribution in [2.75, 3.05) is 6.54 Å². The van der Waals surface area contributed by atoms with Crippen molar-refractivity contribution in [3.05, 3.63) is 0 Å². The van der Waals surface area contributed by atoms with E-state index in [-0.39, 0.29) is 5.91 Å². The van der Waals surface area contributed by atoms with E-state index < -0.39 is 0 Å². The van der Waals surface area contributed by atoms with Crippen molar-refractivity contribution in [1.29, 1.82) is 0 Å². The Morgan fingerprint density at radius 2 is 2.05 bits per heavy atom. The zero-order valence-corrected chi connectivity index (χ0v) is 13.1. The zero-order chi connectivity index (χ0) is 14.4. The first kappa shape index (κ1) is 16.5. The third-order valence-electron chi connectivity index (χ3n) is 4.71. The Morgan fingerprint density at radius 1 is 1.37 bits per heavy atom. The van der Waals surface area contributed by atoms with Gasteiger partial charge in [-0.1, -0.05) is 34.1 Å². The van der Waals surface area contributed by atoms with Gasteiger partial charge in [-0.25, -0.2) is 0 Å². The number of hydrogen-bond donors (Lipinski definition) is 2. The van der Waals surface area contributed by atoms with Crippen LogP contribution in [0.3, 0.4) is 0 Å². The smallest absolute Gasteiger partial charge is 0.220 e. The van der Waals surface area contributed by atoms with Gasteiger partial charge < -0.3 is 11.1 Å². The van der Waals surface area contributed by atoms with Gasteiger partial charge >= 0.3 is 0 Å². The van der Waals surface area contributed by atoms with Crippen LogP contribution in [-0.4, -0.2) is 18.5 Å². The van der Waals surface area contributed by atoms with Crippen LogP contribution >= 0.6 is 0 Å². The number of hydrogen-bond acceptors (Lipinski definition) is 2. The predicted molar refractivity (Wildman–Crippen MR) is 80.7 cm³/mol. The molecule has 1 fully saturated rings. The number of carbonyl (C=O) groups is 1. The van der Waals surface area contributed by atoms with Gasteiger partial charge in [0.05, 0.1) is 0 Å². The standard InChI is InChI=1S/C16H32N2O/c1-5-14-6-7-15(12(14)4)18-16(19)9-13(10-17)8-11(2)3/h11-15H,5-10,17H2,1-4H3,(H,18,19)/t12?,13-,14?,15?/m0/s1. The lowest BCUT2D eigenvalue weighted by molar-refractivity contribution is -0.123. The van der Waals surface area contributed by atoms with E-state index >= 15 is 0 Å². The molecule has 0 aromatic carbocycles. The molecule has 1 aliphatic rings. The monoisotopic (exact) mass is 268 g/mol. The van der Waals surface area contributed by atoms with Crippen molar-refractivity contribution < 1.29 is 4.79 Å². The first-order chi connectivity index (χ1) is 8.97. The second-order valence-corrected chi connectivity index (χ2v) is 6.71. The van der Waals surface area contributed by atoms with Gasteiger partial charge in [0.25, 0.3) is 0 Å². The van der Waals surface area contributed by atoms with E-state index in [0.717, 1.165) is 18.8 Å². The molecule has 4 atom stereocenters. The summed E-state index contributed by atoms with van der Waals surface area (Å²) in [6.07, 6.45) is 5.26. The summed E-state index contributed by atoms with van der Waals surface area (Å²) in [5, 5.41) is 3.24. The zero-order valence-electron chi connectivity index (χ0n) is 13.1. The lowest BCUT2D eigenvalue weighted by Gasteiger charge is -2.23. The minimum atomic E-state index is 0.199. The van der Waals surface area contributed by atoms with E-state index in [1.807, 2.05) is 0 Å². The normalized spacial score (nSPS) is 28.6. The number of carbonyl (C=O) groups excluding carboxylic acids is 1. The summed E-state index contributed by atoms with van der Waals surface area (Å²) in [4.78, 5) is 12.1. The summed E-state index contributed by atoms with van der Waals surface area (Å²) in [5.41, 5.74) is 5.77. The molecule has 1 amide bonds. The van der Waals surface area contributed by atoms with Crippen LogP contribution in [0.25, 0.3) is 0 Å². The summed E-state index contributed by atoms with van der Waals surface area (Å²) >= 11 is 0. The molecule has 0 radical (unpaired) electrons. The highest BCUT2D eigenvalue weighted by molar-refractivity contribution is 5.76. The van der Waals surface area contributed by atoms with Gasteiger partial charge in [-0.2, -0.15) is 0 Å². The molecular formula is C16H32N2O. The molecule has 0 spiro atoms. The Hall–Kier alpha value is -0.570. The van der Waals surface area contributed by atoms with Gasteiger partial charge in [-0.15, -0.1) is 0 Å². The van der Waals surface area contributed by atoms with Crippen molar-refractivity contribution in [2.24, 2.45) is 29.4 Å². The fourth-order valence-electron chi connectivity index (χ4n) is 3.48. The molecule has 3 heteroatoms. The Labute approximate surface area is 118 Å². The number of nitrogens with one attached hydrogen (secondary N) is 1. The van der Waals surface area contributed by atoms with E-state index in [2.05, 4.69) is 33.0 Å². The number of rotatable bonds is 7. The second kappa shape index (κ2) is 7.88. The van der Waals surface area contributed by atoms with Crippen LogP contribution in [-0.2, 0) is 4.79 Å². The number of amides is 1. The van der Waals surface area contributed by atoms with E-state index in [0.29, 0.717) is 36.8 Å². The molecule has 3 N–H and O–H groups in total. The van der Waals surface area contributed by atoms with Crippen LogP contribution in [0.1, 0.15) is 59.8 Å². The lowest BCUT2D eigenvalue weighted by atomic mass is 9.92. The molecule has 1 rings (SSSR count). The van der Waals surface area contributed by atoms with E-state index in [1.165, 1.54) is 12.8 Å². The summed E-state index contributed by atoms with van der Waals surface area (Å²) in [7, 11) is 0. The Bertz CT molecular complexity index is 278. The Kier molecular flexibility index (Phi) is 6.84. The molecule has 0 aromatic heterocycles. The molecule has 19 heavy (non-hydrogen) atoms. The summed E-state index contributed by atoms with van der Waals surface area (Å²) in [6, 6.07) is 0.384. The molecule has 0 bridgehead atoms. The molecule has 112 valence electrons. The molecule has 0 aliphatic heterocycles. The van der Waals surface area contributed by atoms with Crippen LogP contribution in [0, 0.1) is 23.7 Å². The lowest BCUT2D eigenvalue weighted by Crippen LogP contribution is -2.39. The summed E-state index contributed by atoms with van der Waals surface area (Å²) in [5.74, 6) is 2.54. The van der Waals surface area contributed by atoms with Crippen molar-refractivity contribution in [2.45, 2.75) is 65.8 Å². The average molecular weight is 268 g/mol. The topological polar surface area (TPSA) is 55.1 Å². The molecule has 3 nitrogen and oxygen atoms in total. The number of nitrogens with two attached hydrogens (primary N) is 1. The predicted octanol–water partition coefficient (Wildman–Crippen LogP) is 2.94. The van der Waals surface area contributed by atoms with Crippen molar-refractivity contribution in [3.8, 4) is 0 Å². The maximum Gasteiger partial charge on any atom is 0.220 e. The van der Waals surface area contributed by atoms with Crippen LogP contribution < -0.4 is 11.1 Å². The van der Waals surface area contributed by atoms with E-state index in [1.54, 1.807) is 0 Å².